The molecule has 2 aromatic heterocycles. The highest BCUT2D eigenvalue weighted by Gasteiger charge is 2.26. The summed E-state index contributed by atoms with van der Waals surface area (Å²) in [5.41, 5.74) is 1.19. The summed E-state index contributed by atoms with van der Waals surface area (Å²) in [6, 6.07) is 0.917. The van der Waals surface area contributed by atoms with Crippen molar-refractivity contribution >= 4 is 35.6 Å². The molecule has 4 rings (SSSR count). The molecule has 10 heteroatoms. The lowest BCUT2D eigenvalue weighted by molar-refractivity contribution is 0.467. The lowest BCUT2D eigenvalue weighted by atomic mass is 10.1. The van der Waals surface area contributed by atoms with E-state index in [1.165, 1.54) is 18.5 Å². The summed E-state index contributed by atoms with van der Waals surface area (Å²) in [4.78, 5) is 7.18. The van der Waals surface area contributed by atoms with Crippen LogP contribution < -0.4 is 15.5 Å². The minimum atomic E-state index is 0. The highest BCUT2D eigenvalue weighted by atomic mass is 127. The van der Waals surface area contributed by atoms with Gasteiger partial charge in [-0.2, -0.15) is 5.10 Å². The van der Waals surface area contributed by atoms with E-state index in [1.807, 2.05) is 36.5 Å². The standard InChI is InChI=1S/C18H29N9.HI/c1-13-23-24-17(26(13)3)10-19-18(21-14-6-7-14)22-15-5-4-8-27(11-15)16-9-20-25(2)12-16;/h9,12,14-15H,4-8,10-11H2,1-3H3,(H2,19,21,22);1H. The number of halogens is 1. The first-order chi connectivity index (χ1) is 13.1. The van der Waals surface area contributed by atoms with E-state index in [1.54, 1.807) is 0 Å². The molecule has 154 valence electrons. The van der Waals surface area contributed by atoms with Gasteiger partial charge in [0.15, 0.2) is 11.8 Å². The Morgan fingerprint density at radius 1 is 1.18 bits per heavy atom. The summed E-state index contributed by atoms with van der Waals surface area (Å²) < 4.78 is 3.85. The number of hydrogen-bond donors (Lipinski definition) is 2. The quantitative estimate of drug-likeness (QED) is 0.367. The lowest BCUT2D eigenvalue weighted by Gasteiger charge is -2.34. The number of piperidine rings is 1. The summed E-state index contributed by atoms with van der Waals surface area (Å²) in [6.45, 7) is 4.51. The Labute approximate surface area is 183 Å². The first-order valence-corrected chi connectivity index (χ1v) is 9.74. The van der Waals surface area contributed by atoms with Crippen LogP contribution >= 0.6 is 24.0 Å². The van der Waals surface area contributed by atoms with Crippen molar-refractivity contribution in [1.82, 2.24) is 35.2 Å². The van der Waals surface area contributed by atoms with Crippen LogP contribution in [0.15, 0.2) is 17.4 Å². The number of guanidine groups is 1. The summed E-state index contributed by atoms with van der Waals surface area (Å²) in [6.07, 6.45) is 8.76. The van der Waals surface area contributed by atoms with Gasteiger partial charge in [0, 0.05) is 45.5 Å². The van der Waals surface area contributed by atoms with Crippen LogP contribution in [0.1, 0.15) is 37.3 Å². The van der Waals surface area contributed by atoms with Crippen molar-refractivity contribution in [3.05, 3.63) is 24.0 Å². The van der Waals surface area contributed by atoms with Crippen LogP contribution in [0.25, 0.3) is 0 Å². The SMILES string of the molecule is Cc1nnc(CN=C(NC2CC2)NC2CCCN(c3cnn(C)c3)C2)n1C.I. The molecular weight excluding hydrogens is 469 g/mol. The van der Waals surface area contributed by atoms with Gasteiger partial charge in [-0.25, -0.2) is 4.99 Å². The van der Waals surface area contributed by atoms with Gasteiger partial charge in [0.1, 0.15) is 12.4 Å². The van der Waals surface area contributed by atoms with Crippen LogP contribution in [0.2, 0.25) is 0 Å². The number of hydrogen-bond acceptors (Lipinski definition) is 5. The zero-order valence-corrected chi connectivity index (χ0v) is 19.1. The van der Waals surface area contributed by atoms with E-state index >= 15 is 0 Å². The van der Waals surface area contributed by atoms with Crippen LogP contribution in [-0.4, -0.2) is 55.7 Å². The molecule has 2 N–H and O–H groups in total. The number of nitrogens with one attached hydrogen (secondary N) is 2. The Bertz CT molecular complexity index is 808. The van der Waals surface area contributed by atoms with Gasteiger partial charge >= 0.3 is 0 Å². The molecule has 0 amide bonds. The van der Waals surface area contributed by atoms with Gasteiger partial charge < -0.3 is 20.1 Å². The third-order valence-electron chi connectivity index (χ3n) is 5.30. The number of nitrogens with zero attached hydrogens (tertiary/aromatic N) is 7. The fourth-order valence-corrected chi connectivity index (χ4v) is 3.39. The van der Waals surface area contributed by atoms with Crippen LogP contribution in [0.3, 0.4) is 0 Å². The molecule has 0 aromatic carbocycles. The number of rotatable bonds is 5. The topological polar surface area (TPSA) is 88.2 Å². The Kier molecular flexibility index (Phi) is 6.78. The molecule has 2 aromatic rings. The smallest absolute Gasteiger partial charge is 0.192 e. The minimum Gasteiger partial charge on any atom is -0.367 e. The van der Waals surface area contributed by atoms with E-state index in [0.717, 1.165) is 43.5 Å². The third kappa shape index (κ3) is 5.15. The number of aryl methyl sites for hydroxylation is 2. The van der Waals surface area contributed by atoms with Crippen LogP contribution in [0.5, 0.6) is 0 Å². The highest BCUT2D eigenvalue weighted by molar-refractivity contribution is 14.0. The molecule has 9 nitrogen and oxygen atoms in total. The first-order valence-electron chi connectivity index (χ1n) is 9.74. The average molecular weight is 499 g/mol. The maximum atomic E-state index is 4.78. The molecule has 1 aliphatic carbocycles. The van der Waals surface area contributed by atoms with Crippen molar-refractivity contribution < 1.29 is 0 Å². The van der Waals surface area contributed by atoms with E-state index in [-0.39, 0.29) is 24.0 Å². The zero-order chi connectivity index (χ0) is 18.8. The van der Waals surface area contributed by atoms with Crippen LogP contribution in [0, 0.1) is 6.92 Å². The average Bonchev–Trinajstić information content (AvgIpc) is 3.28. The normalized spacial score (nSPS) is 20.0. The summed E-state index contributed by atoms with van der Waals surface area (Å²) in [5, 5.41) is 19.8. The van der Waals surface area contributed by atoms with Crippen LogP contribution in [0.4, 0.5) is 5.69 Å². The molecule has 1 aliphatic heterocycles. The molecule has 1 unspecified atom stereocenters. The van der Waals surface area contributed by atoms with E-state index < -0.39 is 0 Å². The summed E-state index contributed by atoms with van der Waals surface area (Å²) in [7, 11) is 3.94. The van der Waals surface area contributed by atoms with Crippen molar-refractivity contribution in [1.29, 1.82) is 0 Å². The van der Waals surface area contributed by atoms with E-state index in [0.29, 0.717) is 18.6 Å². The molecule has 1 atom stereocenters. The maximum Gasteiger partial charge on any atom is 0.192 e. The van der Waals surface area contributed by atoms with Crippen molar-refractivity contribution in [3.8, 4) is 0 Å². The summed E-state index contributed by atoms with van der Waals surface area (Å²) in [5.74, 6) is 2.67. The number of aliphatic imine (C=N–C) groups is 1. The number of anilines is 1. The molecule has 2 fully saturated rings. The molecule has 0 spiro atoms. The first kappa shape index (κ1) is 20.9. The monoisotopic (exact) mass is 499 g/mol. The van der Waals surface area contributed by atoms with Gasteiger partial charge in [-0.05, 0) is 32.6 Å². The molecule has 0 bridgehead atoms. The van der Waals surface area contributed by atoms with Gasteiger partial charge in [0.2, 0.25) is 0 Å². The summed E-state index contributed by atoms with van der Waals surface area (Å²) >= 11 is 0. The van der Waals surface area contributed by atoms with Gasteiger partial charge in [-0.3, -0.25) is 4.68 Å². The highest BCUT2D eigenvalue weighted by Crippen LogP contribution is 2.20. The molecule has 1 saturated heterocycles. The van der Waals surface area contributed by atoms with Gasteiger partial charge in [-0.1, -0.05) is 0 Å². The second-order valence-electron chi connectivity index (χ2n) is 7.61. The minimum absolute atomic E-state index is 0. The Hall–Kier alpha value is -1.85. The molecule has 3 heterocycles. The zero-order valence-electron chi connectivity index (χ0n) is 16.8. The Morgan fingerprint density at radius 2 is 1.96 bits per heavy atom. The predicted molar refractivity (Wildman–Crippen MR) is 120 cm³/mol. The fraction of sp³-hybridized carbons (Fsp3) is 0.667. The Balaban J connectivity index is 0.00000225. The van der Waals surface area contributed by atoms with E-state index in [2.05, 4.69) is 37.0 Å². The molecule has 2 aliphatic rings. The Morgan fingerprint density at radius 3 is 2.61 bits per heavy atom. The maximum absolute atomic E-state index is 4.78. The molecule has 28 heavy (non-hydrogen) atoms. The van der Waals surface area contributed by atoms with Gasteiger partial charge in [0.05, 0.1) is 11.9 Å². The fourth-order valence-electron chi connectivity index (χ4n) is 3.39. The van der Waals surface area contributed by atoms with E-state index in [4.69, 9.17) is 4.99 Å². The van der Waals surface area contributed by atoms with E-state index in [9.17, 15) is 0 Å². The predicted octanol–water partition coefficient (Wildman–Crippen LogP) is 1.34. The van der Waals surface area contributed by atoms with Crippen molar-refractivity contribution in [2.24, 2.45) is 19.1 Å². The lowest BCUT2D eigenvalue weighted by Crippen LogP contribution is -2.51. The molecule has 0 radical (unpaired) electrons. The largest absolute Gasteiger partial charge is 0.367 e. The molecule has 1 saturated carbocycles. The van der Waals surface area contributed by atoms with Crippen molar-refractivity contribution in [2.75, 3.05) is 18.0 Å². The van der Waals surface area contributed by atoms with Crippen LogP contribution in [-0.2, 0) is 20.6 Å². The molecular formula is C18H30IN9. The third-order valence-corrected chi connectivity index (χ3v) is 5.30. The second-order valence-corrected chi connectivity index (χ2v) is 7.61. The second kappa shape index (κ2) is 9.10. The van der Waals surface area contributed by atoms with Gasteiger partial charge in [-0.15, -0.1) is 34.2 Å². The number of aromatic nitrogens is 5. The van der Waals surface area contributed by atoms with Gasteiger partial charge in [0.25, 0.3) is 0 Å². The van der Waals surface area contributed by atoms with Crippen molar-refractivity contribution in [3.63, 3.8) is 0 Å². The van der Waals surface area contributed by atoms with Crippen molar-refractivity contribution in [2.45, 2.75) is 51.2 Å².